The number of nitrogens with two attached hydrogens (primary N) is 1. The van der Waals surface area contributed by atoms with Gasteiger partial charge in [0.2, 0.25) is 0 Å². The third kappa shape index (κ3) is 4.27. The molecular weight excluding hydrogens is 299 g/mol. The fourth-order valence-electron chi connectivity index (χ4n) is 2.51. The number of rotatable bonds is 3. The molecule has 6 heteroatoms. The van der Waals surface area contributed by atoms with Gasteiger partial charge in [0, 0.05) is 21.7 Å². The molecule has 1 fully saturated rings. The number of halogens is 2. The van der Waals surface area contributed by atoms with Crippen LogP contribution in [0.3, 0.4) is 0 Å². The van der Waals surface area contributed by atoms with Gasteiger partial charge in [-0.15, -0.1) is 0 Å². The third-order valence-corrected chi connectivity index (χ3v) is 3.95. The summed E-state index contributed by atoms with van der Waals surface area (Å²) in [7, 11) is 0. The van der Waals surface area contributed by atoms with Gasteiger partial charge in [-0.2, -0.15) is 0 Å². The van der Waals surface area contributed by atoms with E-state index < -0.39 is 6.09 Å². The molecule has 0 bridgehead atoms. The number of benzene rings is 1. The third-order valence-electron chi connectivity index (χ3n) is 3.51. The van der Waals surface area contributed by atoms with E-state index in [1.165, 1.54) is 0 Å². The molecule has 2 rings (SSSR count). The second-order valence-corrected chi connectivity index (χ2v) is 5.88. The maximum atomic E-state index is 11.9. The van der Waals surface area contributed by atoms with Crippen LogP contribution in [0.15, 0.2) is 18.2 Å². The molecule has 1 amide bonds. The van der Waals surface area contributed by atoms with Gasteiger partial charge in [-0.1, -0.05) is 29.6 Å². The van der Waals surface area contributed by atoms with Gasteiger partial charge >= 0.3 is 6.09 Å². The lowest BCUT2D eigenvalue weighted by molar-refractivity contribution is 0.0489. The van der Waals surface area contributed by atoms with E-state index in [1.54, 1.807) is 18.2 Å². The van der Waals surface area contributed by atoms with E-state index >= 15 is 0 Å². The molecule has 4 nitrogen and oxygen atoms in total. The molecule has 1 saturated carbocycles. The van der Waals surface area contributed by atoms with Gasteiger partial charge in [-0.3, -0.25) is 5.32 Å². The Balaban J connectivity index is 1.94. The van der Waals surface area contributed by atoms with Crippen LogP contribution in [0.2, 0.25) is 10.0 Å². The van der Waals surface area contributed by atoms with Crippen LogP contribution in [0.25, 0.3) is 0 Å². The smallest absolute Gasteiger partial charge is 0.411 e. The van der Waals surface area contributed by atoms with Crippen molar-refractivity contribution in [3.8, 4) is 0 Å². The number of ether oxygens (including phenoxy) is 1. The number of carbonyl (C=O) groups is 1. The average molecular weight is 317 g/mol. The molecule has 3 N–H and O–H groups in total. The molecule has 0 aromatic heterocycles. The van der Waals surface area contributed by atoms with Crippen LogP contribution >= 0.6 is 23.2 Å². The van der Waals surface area contributed by atoms with E-state index in [4.69, 9.17) is 33.7 Å². The number of carbonyl (C=O) groups excluding carboxylic acids is 1. The minimum atomic E-state index is -0.492. The summed E-state index contributed by atoms with van der Waals surface area (Å²) in [5.74, 6) is 0.248. The van der Waals surface area contributed by atoms with Crippen LogP contribution in [0.1, 0.15) is 25.7 Å². The van der Waals surface area contributed by atoms with Crippen molar-refractivity contribution < 1.29 is 9.53 Å². The first-order valence-electron chi connectivity index (χ1n) is 6.72. The molecule has 1 aromatic carbocycles. The topological polar surface area (TPSA) is 64.3 Å². The van der Waals surface area contributed by atoms with Crippen LogP contribution in [-0.4, -0.2) is 18.7 Å². The zero-order chi connectivity index (χ0) is 14.5. The van der Waals surface area contributed by atoms with Crippen LogP contribution in [0.5, 0.6) is 0 Å². The van der Waals surface area contributed by atoms with Crippen LogP contribution < -0.4 is 11.1 Å². The Hall–Kier alpha value is -0.970. The van der Waals surface area contributed by atoms with Crippen LogP contribution in [0, 0.1) is 5.92 Å². The summed E-state index contributed by atoms with van der Waals surface area (Å²) in [6.45, 7) is 0.543. The molecule has 0 spiro atoms. The monoisotopic (exact) mass is 316 g/mol. The fraction of sp³-hybridized carbons (Fsp3) is 0.500. The summed E-state index contributed by atoms with van der Waals surface area (Å²) in [6, 6.07) is 4.84. The number of nitrogens with one attached hydrogen (secondary N) is 1. The van der Waals surface area contributed by atoms with E-state index in [2.05, 4.69) is 5.32 Å². The summed E-state index contributed by atoms with van der Waals surface area (Å²) >= 11 is 11.8. The van der Waals surface area contributed by atoms with Crippen LogP contribution in [0.4, 0.5) is 10.5 Å². The minimum absolute atomic E-state index is 0.108. The van der Waals surface area contributed by atoms with Gasteiger partial charge in [-0.05, 0) is 44.0 Å². The second-order valence-electron chi connectivity index (χ2n) is 5.01. The maximum absolute atomic E-state index is 11.9. The standard InChI is InChI=1S/C14H18Cl2N2O2/c15-10-5-11(16)7-12(6-10)18-14(19)20-13-4-2-1-3-9(13)8-17/h5-7,9,13H,1-4,8,17H2,(H,18,19). The highest BCUT2D eigenvalue weighted by atomic mass is 35.5. The maximum Gasteiger partial charge on any atom is 0.411 e. The van der Waals surface area contributed by atoms with Gasteiger partial charge in [0.15, 0.2) is 0 Å². The Bertz CT molecular complexity index is 462. The van der Waals surface area contributed by atoms with E-state index in [0.717, 1.165) is 25.7 Å². The molecule has 0 aliphatic heterocycles. The van der Waals surface area contributed by atoms with Crippen molar-refractivity contribution in [3.63, 3.8) is 0 Å². The van der Waals surface area contributed by atoms with Gasteiger partial charge in [-0.25, -0.2) is 4.79 Å². The Morgan fingerprint density at radius 2 is 1.90 bits per heavy atom. The number of amides is 1. The molecule has 1 aliphatic rings. The SMILES string of the molecule is NCC1CCCCC1OC(=O)Nc1cc(Cl)cc(Cl)c1. The Kier molecular flexibility index (Phi) is 5.52. The van der Waals surface area contributed by atoms with Gasteiger partial charge in [0.25, 0.3) is 0 Å². The quantitative estimate of drug-likeness (QED) is 0.883. The predicted octanol–water partition coefficient (Wildman–Crippen LogP) is 4.06. The molecule has 1 aliphatic carbocycles. The van der Waals surface area contributed by atoms with E-state index in [-0.39, 0.29) is 12.0 Å². The van der Waals surface area contributed by atoms with E-state index in [0.29, 0.717) is 22.3 Å². The second kappa shape index (κ2) is 7.16. The Labute approximate surface area is 128 Å². The summed E-state index contributed by atoms with van der Waals surface area (Å²) < 4.78 is 5.46. The first kappa shape index (κ1) is 15.4. The molecule has 1 aromatic rings. The first-order chi connectivity index (χ1) is 9.58. The zero-order valence-corrected chi connectivity index (χ0v) is 12.6. The Morgan fingerprint density at radius 3 is 2.55 bits per heavy atom. The normalized spacial score (nSPS) is 22.4. The minimum Gasteiger partial charge on any atom is -0.446 e. The molecular formula is C14H18Cl2N2O2. The van der Waals surface area contributed by atoms with Crippen molar-refractivity contribution in [2.24, 2.45) is 11.7 Å². The first-order valence-corrected chi connectivity index (χ1v) is 7.48. The molecule has 2 unspecified atom stereocenters. The van der Waals surface area contributed by atoms with E-state index in [9.17, 15) is 4.79 Å². The fourth-order valence-corrected chi connectivity index (χ4v) is 3.04. The molecule has 0 saturated heterocycles. The molecule has 2 atom stereocenters. The lowest BCUT2D eigenvalue weighted by Gasteiger charge is -2.30. The lowest BCUT2D eigenvalue weighted by Crippen LogP contribution is -2.35. The summed E-state index contributed by atoms with van der Waals surface area (Å²) in [6.07, 6.45) is 3.49. The van der Waals surface area contributed by atoms with Crippen molar-refractivity contribution in [1.82, 2.24) is 0 Å². The molecule has 110 valence electrons. The van der Waals surface area contributed by atoms with Crippen molar-refractivity contribution in [1.29, 1.82) is 0 Å². The molecule has 0 radical (unpaired) electrons. The summed E-state index contributed by atoms with van der Waals surface area (Å²) in [5, 5.41) is 3.57. The highest BCUT2D eigenvalue weighted by Crippen LogP contribution is 2.27. The predicted molar refractivity (Wildman–Crippen MR) is 81.4 cm³/mol. The highest BCUT2D eigenvalue weighted by molar-refractivity contribution is 6.35. The van der Waals surface area contributed by atoms with Gasteiger partial charge in [0.1, 0.15) is 6.10 Å². The number of hydrogen-bond donors (Lipinski definition) is 2. The van der Waals surface area contributed by atoms with Gasteiger partial charge < -0.3 is 10.5 Å². The van der Waals surface area contributed by atoms with Crippen molar-refractivity contribution in [2.45, 2.75) is 31.8 Å². The van der Waals surface area contributed by atoms with Crippen molar-refractivity contribution in [3.05, 3.63) is 28.2 Å². The van der Waals surface area contributed by atoms with Crippen molar-refractivity contribution in [2.75, 3.05) is 11.9 Å². The average Bonchev–Trinajstić information content (AvgIpc) is 2.37. The highest BCUT2D eigenvalue weighted by Gasteiger charge is 2.27. The molecule has 0 heterocycles. The zero-order valence-electron chi connectivity index (χ0n) is 11.1. The summed E-state index contributed by atoms with van der Waals surface area (Å²) in [5.41, 5.74) is 6.24. The Morgan fingerprint density at radius 1 is 1.25 bits per heavy atom. The lowest BCUT2D eigenvalue weighted by atomic mass is 9.86. The van der Waals surface area contributed by atoms with Gasteiger partial charge in [0.05, 0.1) is 0 Å². The van der Waals surface area contributed by atoms with E-state index in [1.807, 2.05) is 0 Å². The summed E-state index contributed by atoms with van der Waals surface area (Å²) in [4.78, 5) is 11.9. The van der Waals surface area contributed by atoms with Crippen LogP contribution in [-0.2, 0) is 4.74 Å². The number of hydrogen-bond acceptors (Lipinski definition) is 3. The molecule has 20 heavy (non-hydrogen) atoms. The largest absolute Gasteiger partial charge is 0.446 e. The number of anilines is 1. The van der Waals surface area contributed by atoms with Crippen molar-refractivity contribution >= 4 is 35.0 Å².